The average Bonchev–Trinajstić information content (AvgIpc) is 3.01. The van der Waals surface area contributed by atoms with Gasteiger partial charge in [-0.2, -0.15) is 11.3 Å². The lowest BCUT2D eigenvalue weighted by atomic mass is 10.2. The first-order valence-corrected chi connectivity index (χ1v) is 9.23. The zero-order valence-corrected chi connectivity index (χ0v) is 18.9. The quantitative estimate of drug-likeness (QED) is 0.354. The van der Waals surface area contributed by atoms with Crippen molar-refractivity contribution in [1.82, 2.24) is 15.5 Å². The highest BCUT2D eigenvalue weighted by Gasteiger charge is 2.21. The summed E-state index contributed by atoms with van der Waals surface area (Å²) in [5.74, 6) is 0.724. The van der Waals surface area contributed by atoms with Crippen molar-refractivity contribution in [1.29, 1.82) is 0 Å². The maximum Gasteiger partial charge on any atom is 0.410 e. The third-order valence-corrected chi connectivity index (χ3v) is 3.82. The predicted octanol–water partition coefficient (Wildman–Crippen LogP) is 3.68. The maximum atomic E-state index is 12.2. The Morgan fingerprint density at radius 3 is 2.56 bits per heavy atom. The Hall–Kier alpha value is -1.03. The Morgan fingerprint density at radius 1 is 1.32 bits per heavy atom. The molecule has 0 aliphatic carbocycles. The summed E-state index contributed by atoms with van der Waals surface area (Å²) in [6, 6.07) is 2.08. The molecular weight excluding hydrogens is 451 g/mol. The van der Waals surface area contributed by atoms with Gasteiger partial charge in [0.05, 0.1) is 0 Å². The standard InChI is InChI=1S/C17H30N4O2S.HI/c1-6-9-21(16(22)23-17(2,3)4)10-8-19-15(18-5)20-12-14-7-11-24-13-14;/h7,11,13H,6,8-10,12H2,1-5H3,(H2,18,19,20);1H. The van der Waals surface area contributed by atoms with Crippen molar-refractivity contribution < 1.29 is 9.53 Å². The number of carbonyl (C=O) groups excluding carboxylic acids is 1. The Balaban J connectivity index is 0.00000576. The summed E-state index contributed by atoms with van der Waals surface area (Å²) in [6.07, 6.45) is 0.622. The van der Waals surface area contributed by atoms with Crippen molar-refractivity contribution in [3.05, 3.63) is 22.4 Å². The Labute approximate surface area is 172 Å². The maximum absolute atomic E-state index is 12.2. The fraction of sp³-hybridized carbons (Fsp3) is 0.647. The fourth-order valence-corrected chi connectivity index (χ4v) is 2.67. The van der Waals surface area contributed by atoms with E-state index in [4.69, 9.17) is 4.74 Å². The van der Waals surface area contributed by atoms with Gasteiger partial charge in [-0.25, -0.2) is 4.79 Å². The first-order chi connectivity index (χ1) is 11.4. The summed E-state index contributed by atoms with van der Waals surface area (Å²) in [7, 11) is 1.74. The molecule has 1 aromatic heterocycles. The van der Waals surface area contributed by atoms with Gasteiger partial charge < -0.3 is 20.3 Å². The van der Waals surface area contributed by atoms with Crippen LogP contribution in [-0.2, 0) is 11.3 Å². The van der Waals surface area contributed by atoms with Crippen molar-refractivity contribution in [2.45, 2.75) is 46.3 Å². The van der Waals surface area contributed by atoms with Gasteiger partial charge in [0.25, 0.3) is 0 Å². The van der Waals surface area contributed by atoms with Gasteiger partial charge in [-0.15, -0.1) is 24.0 Å². The summed E-state index contributed by atoms with van der Waals surface area (Å²) in [4.78, 5) is 18.1. The van der Waals surface area contributed by atoms with E-state index < -0.39 is 5.60 Å². The van der Waals surface area contributed by atoms with Crippen LogP contribution in [0.5, 0.6) is 0 Å². The molecule has 6 nitrogen and oxygen atoms in total. The molecular formula is C17H31IN4O2S. The monoisotopic (exact) mass is 482 g/mol. The molecule has 0 spiro atoms. The minimum absolute atomic E-state index is 0. The lowest BCUT2D eigenvalue weighted by Gasteiger charge is -2.27. The summed E-state index contributed by atoms with van der Waals surface area (Å²) < 4.78 is 5.45. The highest BCUT2D eigenvalue weighted by molar-refractivity contribution is 14.0. The number of ether oxygens (including phenoxy) is 1. The van der Waals surface area contributed by atoms with Crippen molar-refractivity contribution in [2.24, 2.45) is 4.99 Å². The molecule has 2 N–H and O–H groups in total. The van der Waals surface area contributed by atoms with Crippen LogP contribution in [0, 0.1) is 0 Å². The molecule has 0 saturated carbocycles. The highest BCUT2D eigenvalue weighted by atomic mass is 127. The van der Waals surface area contributed by atoms with Crippen molar-refractivity contribution in [3.8, 4) is 0 Å². The molecule has 1 amide bonds. The van der Waals surface area contributed by atoms with E-state index in [0.29, 0.717) is 19.6 Å². The third kappa shape index (κ3) is 10.5. The van der Waals surface area contributed by atoms with E-state index in [9.17, 15) is 4.79 Å². The molecule has 25 heavy (non-hydrogen) atoms. The molecule has 0 bridgehead atoms. The van der Waals surface area contributed by atoms with Crippen molar-refractivity contribution >= 4 is 47.4 Å². The third-order valence-electron chi connectivity index (χ3n) is 3.08. The molecule has 0 aromatic carbocycles. The largest absolute Gasteiger partial charge is 0.444 e. The lowest BCUT2D eigenvalue weighted by molar-refractivity contribution is 0.0253. The predicted molar refractivity (Wildman–Crippen MR) is 116 cm³/mol. The zero-order valence-electron chi connectivity index (χ0n) is 15.8. The number of thiophene rings is 1. The molecule has 0 aliphatic heterocycles. The van der Waals surface area contributed by atoms with E-state index in [-0.39, 0.29) is 30.1 Å². The second-order valence-electron chi connectivity index (χ2n) is 6.45. The molecule has 0 unspecified atom stereocenters. The molecule has 0 saturated heterocycles. The Bertz CT molecular complexity index is 515. The molecule has 1 aromatic rings. The number of nitrogens with zero attached hydrogens (tertiary/aromatic N) is 2. The molecule has 8 heteroatoms. The summed E-state index contributed by atoms with van der Waals surface area (Å²) in [6.45, 7) is 10.3. The SMILES string of the molecule is CCCN(CCNC(=NC)NCc1ccsc1)C(=O)OC(C)(C)C.I. The normalized spacial score (nSPS) is 11.5. The number of amides is 1. The van der Waals surface area contributed by atoms with E-state index in [0.717, 1.165) is 18.9 Å². The minimum atomic E-state index is -0.478. The van der Waals surface area contributed by atoms with E-state index in [1.54, 1.807) is 23.3 Å². The van der Waals surface area contributed by atoms with Gasteiger partial charge in [0.15, 0.2) is 5.96 Å². The minimum Gasteiger partial charge on any atom is -0.444 e. The van der Waals surface area contributed by atoms with Gasteiger partial charge in [0.2, 0.25) is 0 Å². The number of hydrogen-bond acceptors (Lipinski definition) is 4. The van der Waals surface area contributed by atoms with Gasteiger partial charge >= 0.3 is 6.09 Å². The molecule has 1 rings (SSSR count). The first kappa shape index (κ1) is 24.0. The van der Waals surface area contributed by atoms with E-state index in [1.165, 1.54) is 5.56 Å². The number of carbonyl (C=O) groups is 1. The first-order valence-electron chi connectivity index (χ1n) is 8.29. The van der Waals surface area contributed by atoms with Crippen LogP contribution < -0.4 is 10.6 Å². The zero-order chi connectivity index (χ0) is 18.0. The van der Waals surface area contributed by atoms with Crippen LogP contribution >= 0.6 is 35.3 Å². The fourth-order valence-electron chi connectivity index (χ4n) is 2.00. The number of hydrogen-bond donors (Lipinski definition) is 2. The second kappa shape index (κ2) is 12.3. The van der Waals surface area contributed by atoms with Crippen molar-refractivity contribution in [2.75, 3.05) is 26.7 Å². The Kier molecular flexibility index (Phi) is 11.8. The van der Waals surface area contributed by atoms with E-state index in [1.807, 2.05) is 27.7 Å². The number of halogens is 1. The lowest BCUT2D eigenvalue weighted by Crippen LogP contribution is -2.44. The molecule has 144 valence electrons. The van der Waals surface area contributed by atoms with Gasteiger partial charge in [0.1, 0.15) is 5.60 Å². The smallest absolute Gasteiger partial charge is 0.410 e. The number of guanidine groups is 1. The topological polar surface area (TPSA) is 66.0 Å². The average molecular weight is 482 g/mol. The van der Waals surface area contributed by atoms with Crippen LogP contribution in [0.2, 0.25) is 0 Å². The highest BCUT2D eigenvalue weighted by Crippen LogP contribution is 2.10. The van der Waals surface area contributed by atoms with Gasteiger partial charge in [-0.05, 0) is 49.6 Å². The summed E-state index contributed by atoms with van der Waals surface area (Å²) >= 11 is 1.68. The molecule has 0 atom stereocenters. The number of nitrogens with one attached hydrogen (secondary N) is 2. The van der Waals surface area contributed by atoms with Crippen LogP contribution in [0.15, 0.2) is 21.8 Å². The van der Waals surface area contributed by atoms with Gasteiger partial charge in [-0.3, -0.25) is 4.99 Å². The van der Waals surface area contributed by atoms with E-state index >= 15 is 0 Å². The molecule has 0 fully saturated rings. The van der Waals surface area contributed by atoms with Crippen LogP contribution in [0.25, 0.3) is 0 Å². The number of aliphatic imine (C=N–C) groups is 1. The molecule has 0 aliphatic rings. The molecule has 0 radical (unpaired) electrons. The van der Waals surface area contributed by atoms with Crippen molar-refractivity contribution in [3.63, 3.8) is 0 Å². The van der Waals surface area contributed by atoms with Crippen LogP contribution in [0.3, 0.4) is 0 Å². The van der Waals surface area contributed by atoms with E-state index in [2.05, 4.69) is 32.5 Å². The second-order valence-corrected chi connectivity index (χ2v) is 7.23. The van der Waals surface area contributed by atoms with Crippen LogP contribution in [0.1, 0.15) is 39.7 Å². The van der Waals surface area contributed by atoms with Crippen LogP contribution in [0.4, 0.5) is 4.79 Å². The van der Waals surface area contributed by atoms with Crippen LogP contribution in [-0.4, -0.2) is 49.2 Å². The Morgan fingerprint density at radius 2 is 2.04 bits per heavy atom. The molecule has 1 heterocycles. The summed E-state index contributed by atoms with van der Waals surface area (Å²) in [5.41, 5.74) is 0.749. The van der Waals surface area contributed by atoms with Gasteiger partial charge in [-0.1, -0.05) is 6.92 Å². The number of rotatable bonds is 7. The summed E-state index contributed by atoms with van der Waals surface area (Å²) in [5, 5.41) is 10.6. The van der Waals surface area contributed by atoms with Gasteiger partial charge in [0, 0.05) is 33.2 Å².